The zero-order valence-corrected chi connectivity index (χ0v) is 5.26. The van der Waals surface area contributed by atoms with Crippen LogP contribution in [0.1, 0.15) is 26.2 Å². The van der Waals surface area contributed by atoms with Gasteiger partial charge in [-0.1, -0.05) is 6.92 Å². The summed E-state index contributed by atoms with van der Waals surface area (Å²) in [7, 11) is 0. The van der Waals surface area contributed by atoms with Crippen LogP contribution in [0, 0.1) is 5.92 Å². The second kappa shape index (κ2) is 1.47. The molecule has 1 aliphatic carbocycles. The molecule has 0 aromatic carbocycles. The smallest absolute Gasteiger partial charge is 0.0844 e. The van der Waals surface area contributed by atoms with Gasteiger partial charge >= 0.3 is 0 Å². The number of hydrogen-bond acceptors (Lipinski definition) is 1. The summed E-state index contributed by atoms with van der Waals surface area (Å²) in [5, 5.41) is 0. The van der Waals surface area contributed by atoms with Gasteiger partial charge in [-0.15, -0.1) is 0 Å². The highest BCUT2D eigenvalue weighted by Crippen LogP contribution is 2.38. The molecule has 2 fully saturated rings. The molecular formula is C7H12O. The SMILES string of the molecule is C[C@@H]1CC[C@H]2OC2C1. The van der Waals surface area contributed by atoms with E-state index in [1.54, 1.807) is 0 Å². The van der Waals surface area contributed by atoms with Crippen molar-refractivity contribution in [3.05, 3.63) is 0 Å². The lowest BCUT2D eigenvalue weighted by atomic mass is 9.91. The minimum absolute atomic E-state index is 0.679. The van der Waals surface area contributed by atoms with Crippen LogP contribution >= 0.6 is 0 Å². The predicted molar refractivity (Wildman–Crippen MR) is 31.7 cm³/mol. The topological polar surface area (TPSA) is 12.5 Å². The van der Waals surface area contributed by atoms with E-state index >= 15 is 0 Å². The molecule has 1 unspecified atom stereocenters. The lowest BCUT2D eigenvalue weighted by molar-refractivity contribution is 0.367. The first-order chi connectivity index (χ1) is 3.86. The third-order valence-electron chi connectivity index (χ3n) is 2.27. The number of fused-ring (bicyclic) bond motifs is 1. The first kappa shape index (κ1) is 4.80. The van der Waals surface area contributed by atoms with E-state index < -0.39 is 0 Å². The molecule has 2 aliphatic rings. The summed E-state index contributed by atoms with van der Waals surface area (Å²) in [6, 6.07) is 0. The van der Waals surface area contributed by atoms with E-state index in [0.717, 1.165) is 5.92 Å². The Kier molecular flexibility index (Phi) is 0.884. The van der Waals surface area contributed by atoms with Gasteiger partial charge in [0.15, 0.2) is 0 Å². The Hall–Kier alpha value is -0.0400. The van der Waals surface area contributed by atoms with Crippen LogP contribution in [0.5, 0.6) is 0 Å². The molecule has 2 rings (SSSR count). The van der Waals surface area contributed by atoms with Crippen molar-refractivity contribution >= 4 is 0 Å². The molecule has 3 atom stereocenters. The maximum Gasteiger partial charge on any atom is 0.0844 e. The minimum Gasteiger partial charge on any atom is -0.370 e. The van der Waals surface area contributed by atoms with Crippen LogP contribution in [0.15, 0.2) is 0 Å². The highest BCUT2D eigenvalue weighted by molar-refractivity contribution is 4.90. The van der Waals surface area contributed by atoms with E-state index in [2.05, 4.69) is 6.92 Å². The van der Waals surface area contributed by atoms with E-state index in [1.807, 2.05) is 0 Å². The van der Waals surface area contributed by atoms with Gasteiger partial charge in [0.25, 0.3) is 0 Å². The molecule has 0 aromatic heterocycles. The summed E-state index contributed by atoms with van der Waals surface area (Å²) >= 11 is 0. The molecule has 0 bridgehead atoms. The Morgan fingerprint density at radius 3 is 2.75 bits per heavy atom. The molecule has 1 aliphatic heterocycles. The average molecular weight is 112 g/mol. The van der Waals surface area contributed by atoms with Crippen LogP contribution in [0.2, 0.25) is 0 Å². The number of rotatable bonds is 0. The highest BCUT2D eigenvalue weighted by Gasteiger charge is 2.42. The zero-order chi connectivity index (χ0) is 5.56. The molecule has 8 heavy (non-hydrogen) atoms. The summed E-state index contributed by atoms with van der Waals surface area (Å²) in [5.74, 6) is 0.929. The summed E-state index contributed by atoms with van der Waals surface area (Å²) in [6.45, 7) is 2.32. The Morgan fingerprint density at radius 1 is 1.25 bits per heavy atom. The van der Waals surface area contributed by atoms with Crippen molar-refractivity contribution in [1.82, 2.24) is 0 Å². The van der Waals surface area contributed by atoms with Gasteiger partial charge in [0, 0.05) is 0 Å². The Balaban J connectivity index is 1.93. The van der Waals surface area contributed by atoms with E-state index in [4.69, 9.17) is 4.74 Å². The van der Waals surface area contributed by atoms with Crippen LogP contribution < -0.4 is 0 Å². The molecule has 1 heteroatoms. The molecular weight excluding hydrogens is 100 g/mol. The normalized spacial score (nSPS) is 52.9. The lowest BCUT2D eigenvalue weighted by Crippen LogP contribution is -2.09. The minimum atomic E-state index is 0.679. The van der Waals surface area contributed by atoms with Crippen molar-refractivity contribution in [2.45, 2.75) is 38.4 Å². The van der Waals surface area contributed by atoms with Gasteiger partial charge in [-0.25, -0.2) is 0 Å². The van der Waals surface area contributed by atoms with Gasteiger partial charge in [0.1, 0.15) is 0 Å². The van der Waals surface area contributed by atoms with E-state index in [-0.39, 0.29) is 0 Å². The molecule has 1 nitrogen and oxygen atoms in total. The van der Waals surface area contributed by atoms with Gasteiger partial charge in [0.2, 0.25) is 0 Å². The molecule has 0 N–H and O–H groups in total. The van der Waals surface area contributed by atoms with E-state index in [9.17, 15) is 0 Å². The quantitative estimate of drug-likeness (QED) is 0.433. The lowest BCUT2D eigenvalue weighted by Gasteiger charge is -2.11. The summed E-state index contributed by atoms with van der Waals surface area (Å²) < 4.78 is 5.35. The van der Waals surface area contributed by atoms with Gasteiger partial charge < -0.3 is 4.74 Å². The Labute approximate surface area is 50.0 Å². The van der Waals surface area contributed by atoms with Crippen molar-refractivity contribution in [1.29, 1.82) is 0 Å². The Bertz CT molecular complexity index is 101. The molecule has 1 saturated heterocycles. The predicted octanol–water partition coefficient (Wildman–Crippen LogP) is 1.57. The molecule has 0 radical (unpaired) electrons. The van der Waals surface area contributed by atoms with Crippen molar-refractivity contribution in [2.75, 3.05) is 0 Å². The average Bonchev–Trinajstić information content (AvgIpc) is 2.43. The third kappa shape index (κ3) is 0.655. The van der Waals surface area contributed by atoms with E-state index in [1.165, 1.54) is 19.3 Å². The molecule has 46 valence electrons. The van der Waals surface area contributed by atoms with Gasteiger partial charge in [-0.05, 0) is 25.2 Å². The number of hydrogen-bond donors (Lipinski definition) is 0. The maximum absolute atomic E-state index is 5.35. The van der Waals surface area contributed by atoms with Crippen molar-refractivity contribution in [3.8, 4) is 0 Å². The summed E-state index contributed by atoms with van der Waals surface area (Å²) in [6.07, 6.45) is 5.41. The van der Waals surface area contributed by atoms with Crippen LogP contribution in [0.4, 0.5) is 0 Å². The van der Waals surface area contributed by atoms with Gasteiger partial charge in [-0.2, -0.15) is 0 Å². The van der Waals surface area contributed by atoms with Crippen LogP contribution in [0.25, 0.3) is 0 Å². The fraction of sp³-hybridized carbons (Fsp3) is 1.00. The van der Waals surface area contributed by atoms with Crippen LogP contribution in [-0.2, 0) is 4.74 Å². The van der Waals surface area contributed by atoms with Crippen LogP contribution in [-0.4, -0.2) is 12.2 Å². The number of ether oxygens (including phenoxy) is 1. The first-order valence-corrected chi connectivity index (χ1v) is 3.52. The Morgan fingerprint density at radius 2 is 2.12 bits per heavy atom. The van der Waals surface area contributed by atoms with Crippen molar-refractivity contribution in [3.63, 3.8) is 0 Å². The number of epoxide rings is 1. The fourth-order valence-corrected chi connectivity index (χ4v) is 1.60. The maximum atomic E-state index is 5.35. The van der Waals surface area contributed by atoms with Crippen molar-refractivity contribution < 1.29 is 4.74 Å². The molecule has 0 spiro atoms. The zero-order valence-electron chi connectivity index (χ0n) is 5.26. The first-order valence-electron chi connectivity index (χ1n) is 3.52. The summed E-state index contributed by atoms with van der Waals surface area (Å²) in [5.41, 5.74) is 0. The molecule has 1 heterocycles. The van der Waals surface area contributed by atoms with Gasteiger partial charge in [0.05, 0.1) is 12.2 Å². The third-order valence-corrected chi connectivity index (χ3v) is 2.27. The molecule has 1 saturated carbocycles. The largest absolute Gasteiger partial charge is 0.370 e. The van der Waals surface area contributed by atoms with Crippen molar-refractivity contribution in [2.24, 2.45) is 5.92 Å². The van der Waals surface area contributed by atoms with Gasteiger partial charge in [-0.3, -0.25) is 0 Å². The molecule has 0 aromatic rings. The monoisotopic (exact) mass is 112 g/mol. The second-order valence-electron chi connectivity index (χ2n) is 3.13. The second-order valence-corrected chi connectivity index (χ2v) is 3.13. The van der Waals surface area contributed by atoms with E-state index in [0.29, 0.717) is 12.2 Å². The molecule has 0 amide bonds. The standard InChI is InChI=1S/C7H12O/c1-5-2-3-6-7(4-5)8-6/h5-7H,2-4H2,1H3/t5-,6-,7?/m1/s1. The fourth-order valence-electron chi connectivity index (χ4n) is 1.60. The van der Waals surface area contributed by atoms with Crippen LogP contribution in [0.3, 0.4) is 0 Å². The summed E-state index contributed by atoms with van der Waals surface area (Å²) in [4.78, 5) is 0. The highest BCUT2D eigenvalue weighted by atomic mass is 16.6.